The first-order chi connectivity index (χ1) is 14.8. The molecule has 1 aromatic heterocycles. The minimum atomic E-state index is -4.21. The lowest BCUT2D eigenvalue weighted by molar-refractivity contribution is 0.484. The van der Waals surface area contributed by atoms with E-state index in [-0.39, 0.29) is 27.0 Å². The normalized spacial score (nSPS) is 11.8. The van der Waals surface area contributed by atoms with E-state index in [0.717, 1.165) is 6.07 Å². The van der Waals surface area contributed by atoms with Crippen LogP contribution in [0.1, 0.15) is 11.1 Å². The van der Waals surface area contributed by atoms with Gasteiger partial charge in [0.05, 0.1) is 28.0 Å². The lowest BCUT2D eigenvalue weighted by Gasteiger charge is -2.13. The van der Waals surface area contributed by atoms with Crippen LogP contribution in [0.25, 0.3) is 11.0 Å². The Morgan fingerprint density at radius 3 is 2.29 bits per heavy atom. The zero-order valence-electron chi connectivity index (χ0n) is 16.0. The molecule has 0 amide bonds. The maximum absolute atomic E-state index is 13.1. The van der Waals surface area contributed by atoms with Crippen LogP contribution in [-0.4, -0.2) is 16.8 Å². The van der Waals surface area contributed by atoms with Gasteiger partial charge in [0, 0.05) is 11.5 Å². The lowest BCUT2D eigenvalue weighted by Crippen LogP contribution is -2.16. The van der Waals surface area contributed by atoms with Gasteiger partial charge in [-0.25, -0.2) is 8.42 Å². The monoisotopic (exact) mass is 452 g/mol. The summed E-state index contributed by atoms with van der Waals surface area (Å²) < 4.78 is 59.7. The van der Waals surface area contributed by atoms with E-state index in [1.165, 1.54) is 18.2 Å². The molecule has 0 spiro atoms. The Bertz CT molecular complexity index is 1480. The van der Waals surface area contributed by atoms with Crippen LogP contribution in [0.15, 0.2) is 93.3 Å². The van der Waals surface area contributed by atoms with Crippen LogP contribution >= 0.6 is 0 Å². The molecule has 31 heavy (non-hydrogen) atoms. The quantitative estimate of drug-likeness (QED) is 0.471. The van der Waals surface area contributed by atoms with Crippen molar-refractivity contribution < 1.29 is 21.3 Å². The Balaban J connectivity index is 1.75. The van der Waals surface area contributed by atoms with Gasteiger partial charge in [0.2, 0.25) is 5.09 Å². The molecule has 4 rings (SSSR count). The largest absolute Gasteiger partial charge is 0.443 e. The average Bonchev–Trinajstić information content (AvgIpc) is 3.19. The number of fused-ring (bicyclic) bond motifs is 1. The number of sulfonamides is 1. The standard InChI is InChI=1S/C22H16N2O5S2/c23-14-17-10-11-19(21(12-17)30(25,26)15-16-6-2-1-3-7-16)24-31(27,28)22-13-18-8-4-5-9-20(18)29-22/h1-13,24H,15H2. The van der Waals surface area contributed by atoms with Crippen molar-refractivity contribution in [2.75, 3.05) is 4.72 Å². The van der Waals surface area contributed by atoms with Crippen LogP contribution in [-0.2, 0) is 25.6 Å². The second-order valence-electron chi connectivity index (χ2n) is 6.78. The highest BCUT2D eigenvalue weighted by Crippen LogP contribution is 2.30. The number of rotatable bonds is 6. The Hall–Kier alpha value is -3.61. The van der Waals surface area contributed by atoms with Crippen LogP contribution in [0.4, 0.5) is 5.69 Å². The molecule has 4 aromatic rings. The van der Waals surface area contributed by atoms with E-state index < -0.39 is 19.9 Å². The molecule has 0 aliphatic heterocycles. The van der Waals surface area contributed by atoms with Crippen molar-refractivity contribution in [3.8, 4) is 6.07 Å². The average molecular weight is 453 g/mol. The fourth-order valence-corrected chi connectivity index (χ4v) is 5.75. The summed E-state index contributed by atoms with van der Waals surface area (Å²) >= 11 is 0. The number of hydrogen-bond acceptors (Lipinski definition) is 6. The number of para-hydroxylation sites is 1. The lowest BCUT2D eigenvalue weighted by atomic mass is 10.2. The Labute approximate surface area is 179 Å². The van der Waals surface area contributed by atoms with Crippen molar-refractivity contribution in [2.24, 2.45) is 0 Å². The minimum Gasteiger partial charge on any atom is -0.443 e. The molecule has 0 radical (unpaired) electrons. The van der Waals surface area contributed by atoms with Gasteiger partial charge in [0.15, 0.2) is 9.84 Å². The number of nitrogens with zero attached hydrogens (tertiary/aromatic N) is 1. The maximum atomic E-state index is 13.1. The number of sulfone groups is 1. The number of benzene rings is 3. The smallest absolute Gasteiger partial charge is 0.295 e. The number of hydrogen-bond donors (Lipinski definition) is 1. The molecule has 0 aliphatic rings. The van der Waals surface area contributed by atoms with E-state index in [9.17, 15) is 22.1 Å². The molecule has 0 aliphatic carbocycles. The summed E-state index contributed by atoms with van der Waals surface area (Å²) in [6.45, 7) is 0. The Morgan fingerprint density at radius 1 is 0.871 bits per heavy atom. The number of nitrogens with one attached hydrogen (secondary N) is 1. The van der Waals surface area contributed by atoms with Crippen molar-refractivity contribution >= 4 is 36.5 Å². The van der Waals surface area contributed by atoms with Crippen molar-refractivity contribution in [1.29, 1.82) is 5.26 Å². The molecular weight excluding hydrogens is 436 g/mol. The summed E-state index contributed by atoms with van der Waals surface area (Å²) in [4.78, 5) is -0.282. The summed E-state index contributed by atoms with van der Waals surface area (Å²) in [6, 6.07) is 22.3. The fourth-order valence-electron chi connectivity index (χ4n) is 3.09. The van der Waals surface area contributed by atoms with Crippen LogP contribution in [0.2, 0.25) is 0 Å². The van der Waals surface area contributed by atoms with Gasteiger partial charge in [-0.3, -0.25) is 4.72 Å². The van der Waals surface area contributed by atoms with Crippen LogP contribution in [0, 0.1) is 11.3 Å². The van der Waals surface area contributed by atoms with Gasteiger partial charge < -0.3 is 4.42 Å². The summed E-state index contributed by atoms with van der Waals surface area (Å²) in [5.41, 5.74) is 0.865. The molecule has 0 unspecified atom stereocenters. The third-order valence-corrected chi connectivity index (χ3v) is 7.50. The second kappa shape index (κ2) is 7.91. The van der Waals surface area contributed by atoms with Gasteiger partial charge in [-0.2, -0.15) is 13.7 Å². The second-order valence-corrected chi connectivity index (χ2v) is 10.3. The number of nitriles is 1. The van der Waals surface area contributed by atoms with Crippen LogP contribution in [0.5, 0.6) is 0 Å². The van der Waals surface area contributed by atoms with E-state index in [2.05, 4.69) is 4.72 Å². The molecule has 0 saturated heterocycles. The minimum absolute atomic E-state index is 0.0957. The maximum Gasteiger partial charge on any atom is 0.295 e. The van der Waals surface area contributed by atoms with Crippen molar-refractivity contribution in [3.63, 3.8) is 0 Å². The summed E-state index contributed by atoms with van der Waals surface area (Å²) in [6.07, 6.45) is 0. The molecule has 0 saturated carbocycles. The predicted molar refractivity (Wildman–Crippen MR) is 116 cm³/mol. The summed E-state index contributed by atoms with van der Waals surface area (Å²) in [7, 11) is -8.18. The summed E-state index contributed by atoms with van der Waals surface area (Å²) in [5.74, 6) is -0.345. The predicted octanol–water partition coefficient (Wildman–Crippen LogP) is 4.08. The van der Waals surface area contributed by atoms with Gasteiger partial charge in [0.25, 0.3) is 10.0 Å². The third-order valence-electron chi connectivity index (χ3n) is 4.56. The van der Waals surface area contributed by atoms with Gasteiger partial charge >= 0.3 is 0 Å². The van der Waals surface area contributed by atoms with E-state index >= 15 is 0 Å². The van der Waals surface area contributed by atoms with Gasteiger partial charge in [-0.05, 0) is 29.8 Å². The zero-order valence-corrected chi connectivity index (χ0v) is 17.7. The summed E-state index contributed by atoms with van der Waals surface area (Å²) in [5, 5.41) is 9.45. The molecule has 156 valence electrons. The van der Waals surface area contributed by atoms with Gasteiger partial charge in [-0.15, -0.1) is 0 Å². The van der Waals surface area contributed by atoms with Gasteiger partial charge in [-0.1, -0.05) is 48.5 Å². The molecular formula is C22H16N2O5S2. The molecule has 1 N–H and O–H groups in total. The van der Waals surface area contributed by atoms with E-state index in [4.69, 9.17) is 4.42 Å². The number of anilines is 1. The molecule has 0 fully saturated rings. The molecule has 3 aromatic carbocycles. The fraction of sp³-hybridized carbons (Fsp3) is 0.0455. The SMILES string of the molecule is N#Cc1ccc(NS(=O)(=O)c2cc3ccccc3o2)c(S(=O)(=O)Cc2ccccc2)c1. The van der Waals surface area contributed by atoms with Crippen molar-refractivity contribution in [1.82, 2.24) is 0 Å². The van der Waals surface area contributed by atoms with Crippen molar-refractivity contribution in [2.45, 2.75) is 15.7 Å². The Kier molecular flexibility index (Phi) is 5.27. The molecule has 1 heterocycles. The van der Waals surface area contributed by atoms with Crippen molar-refractivity contribution in [3.05, 3.63) is 90.0 Å². The zero-order chi connectivity index (χ0) is 22.1. The highest BCUT2D eigenvalue weighted by Gasteiger charge is 2.26. The molecule has 9 heteroatoms. The first-order valence-corrected chi connectivity index (χ1v) is 12.2. The highest BCUT2D eigenvalue weighted by molar-refractivity contribution is 7.93. The number of furan rings is 1. The van der Waals surface area contributed by atoms with E-state index in [0.29, 0.717) is 16.5 Å². The van der Waals surface area contributed by atoms with E-state index in [1.807, 2.05) is 6.07 Å². The Morgan fingerprint density at radius 2 is 1.58 bits per heavy atom. The molecule has 0 bridgehead atoms. The highest BCUT2D eigenvalue weighted by atomic mass is 32.2. The van der Waals surface area contributed by atoms with Gasteiger partial charge in [0.1, 0.15) is 5.58 Å². The van der Waals surface area contributed by atoms with E-state index in [1.54, 1.807) is 54.6 Å². The van der Waals surface area contributed by atoms with Crippen LogP contribution < -0.4 is 4.72 Å². The molecule has 7 nitrogen and oxygen atoms in total. The molecule has 0 atom stereocenters. The first kappa shape index (κ1) is 20.7. The topological polar surface area (TPSA) is 117 Å². The first-order valence-electron chi connectivity index (χ1n) is 9.11. The third kappa shape index (κ3) is 4.30. The van der Waals surface area contributed by atoms with Crippen LogP contribution in [0.3, 0.4) is 0 Å².